The zero-order valence-electron chi connectivity index (χ0n) is 25.5. The fraction of sp³-hybridized carbons (Fsp3) is 0.407. The average Bonchev–Trinajstić information content (AvgIpc) is 3.59. The number of halogens is 4. The topological polar surface area (TPSA) is 221 Å². The van der Waals surface area contributed by atoms with E-state index in [-0.39, 0.29) is 39.0 Å². The van der Waals surface area contributed by atoms with Crippen LogP contribution in [-0.2, 0) is 40.9 Å². The number of nitrogens with zero attached hydrogens (tertiary/aromatic N) is 6. The van der Waals surface area contributed by atoms with Crippen LogP contribution in [-0.4, -0.2) is 90.9 Å². The van der Waals surface area contributed by atoms with Gasteiger partial charge in [-0.25, -0.2) is 14.3 Å². The molecule has 3 aromatic rings. The van der Waals surface area contributed by atoms with Gasteiger partial charge < -0.3 is 36.2 Å². The summed E-state index contributed by atoms with van der Waals surface area (Å²) in [5, 5.41) is 30.0. The van der Waals surface area contributed by atoms with E-state index >= 15 is 0 Å². The number of rotatable bonds is 13. The fourth-order valence-electron chi connectivity index (χ4n) is 5.16. The lowest BCUT2D eigenvalue weighted by atomic mass is 10.0. The number of carboxylic acid groups (broad SMARTS) is 2. The van der Waals surface area contributed by atoms with Gasteiger partial charge in [-0.1, -0.05) is 62.9 Å². The van der Waals surface area contributed by atoms with Gasteiger partial charge in [-0.05, 0) is 44.1 Å². The monoisotopic (exact) mass is 793 g/mol. The fourth-order valence-corrected chi connectivity index (χ4v) is 7.86. The number of nitrogen functional groups attached to an aromatic ring is 1. The second kappa shape index (κ2) is 14.8. The van der Waals surface area contributed by atoms with Crippen molar-refractivity contribution in [2.75, 3.05) is 25.1 Å². The molecule has 0 aliphatic carbocycles. The number of pyridine rings is 1. The molecule has 22 heteroatoms. The number of aliphatic carboxylic acids is 2. The van der Waals surface area contributed by atoms with E-state index in [9.17, 15) is 24.3 Å². The molecule has 2 amide bonds. The molecule has 5 N–H and O–H groups in total. The molecule has 1 fully saturated rings. The molecule has 262 valence electrons. The number of carboxylic acids is 2. The van der Waals surface area contributed by atoms with Crippen molar-refractivity contribution in [2.24, 2.45) is 5.16 Å². The summed E-state index contributed by atoms with van der Waals surface area (Å²) < 4.78 is 1.61. The van der Waals surface area contributed by atoms with Crippen molar-refractivity contribution in [3.05, 3.63) is 45.5 Å². The highest BCUT2D eigenvalue weighted by atomic mass is 35.6. The molecule has 1 saturated heterocycles. The van der Waals surface area contributed by atoms with Gasteiger partial charge >= 0.3 is 11.6 Å². The summed E-state index contributed by atoms with van der Waals surface area (Å²) in [6.45, 7) is 2.39. The van der Waals surface area contributed by atoms with E-state index in [1.807, 2.05) is 13.1 Å². The van der Waals surface area contributed by atoms with Crippen LogP contribution in [0.5, 0.6) is 0 Å². The number of β-lactam (4-membered cyclic amide) rings is 1. The number of oxime groups is 1. The lowest BCUT2D eigenvalue weighted by Gasteiger charge is -2.50. The first-order chi connectivity index (χ1) is 23.1. The maximum atomic E-state index is 13.4. The second-order valence-electron chi connectivity index (χ2n) is 10.7. The smallest absolute Gasteiger partial charge is 0.349 e. The van der Waals surface area contributed by atoms with Gasteiger partial charge in [-0.15, -0.1) is 11.8 Å². The van der Waals surface area contributed by atoms with E-state index < -0.39 is 50.8 Å². The lowest BCUT2D eigenvalue weighted by Crippen LogP contribution is -2.71. The van der Waals surface area contributed by atoms with Crippen LogP contribution in [0.4, 0.5) is 5.13 Å². The molecule has 0 bridgehead atoms. The zero-order chi connectivity index (χ0) is 35.8. The Morgan fingerprint density at radius 1 is 1.33 bits per heavy atom. The molecule has 3 aromatic heterocycles. The Bertz CT molecular complexity index is 1890. The Hall–Kier alpha value is -3.39. The molecule has 49 heavy (non-hydrogen) atoms. The van der Waals surface area contributed by atoms with E-state index in [1.165, 1.54) is 18.7 Å². The summed E-state index contributed by atoms with van der Waals surface area (Å²) in [5.41, 5.74) is 6.07. The van der Waals surface area contributed by atoms with Crippen molar-refractivity contribution in [2.45, 2.75) is 47.7 Å². The maximum Gasteiger partial charge on any atom is 0.349 e. The number of hydrogen-bond donors (Lipinski definition) is 4. The Morgan fingerprint density at radius 2 is 2.06 bits per heavy atom. The number of nitrogens with two attached hydrogens (primary N) is 1. The Kier molecular flexibility index (Phi) is 11.2. The van der Waals surface area contributed by atoms with Gasteiger partial charge in [0.25, 0.3) is 21.4 Å². The molecule has 0 spiro atoms. The summed E-state index contributed by atoms with van der Waals surface area (Å²) in [4.78, 5) is 65.1. The maximum absolute atomic E-state index is 13.4. The van der Waals surface area contributed by atoms with E-state index in [0.717, 1.165) is 16.2 Å². The zero-order valence-corrected chi connectivity index (χ0v) is 30.1. The minimum atomic E-state index is -1.84. The number of carbonyl (C=O) groups excluding carboxylic acids is 3. The van der Waals surface area contributed by atoms with Crippen molar-refractivity contribution in [1.82, 2.24) is 30.1 Å². The molecule has 0 radical (unpaired) electrons. The molecule has 2 aliphatic rings. The summed E-state index contributed by atoms with van der Waals surface area (Å²) in [5.74, 6) is -4.33. The van der Waals surface area contributed by atoms with Gasteiger partial charge in [0.05, 0.1) is 17.9 Å². The minimum Gasteiger partial charge on any atom is -0.543 e. The van der Waals surface area contributed by atoms with E-state index in [1.54, 1.807) is 21.4 Å². The number of imidazole rings is 1. The van der Waals surface area contributed by atoms with E-state index in [4.69, 9.17) is 62.1 Å². The summed E-state index contributed by atoms with van der Waals surface area (Å²) >= 11 is 27.0. The van der Waals surface area contributed by atoms with Crippen molar-refractivity contribution < 1.29 is 38.8 Å². The third-order valence-corrected chi connectivity index (χ3v) is 10.4. The SMILES string of the molecule is CNCCCn1c(C(Cl)(Cl)Cl)nc2c1ccc[n+]2CC1=C(C(=O)[O-])N2C(=O)C(NC(=O)/C(=N\O[C@@H](C)C(=O)O)c3nc(N)sc3Cl)C2SC1. The first-order valence-electron chi connectivity index (χ1n) is 14.3. The van der Waals surface area contributed by atoms with Crippen LogP contribution >= 0.6 is 69.5 Å². The number of carbonyl (C=O) groups is 4. The van der Waals surface area contributed by atoms with Crippen molar-refractivity contribution in [1.29, 1.82) is 0 Å². The van der Waals surface area contributed by atoms with Crippen LogP contribution in [0, 0.1) is 0 Å². The molecule has 5 heterocycles. The van der Waals surface area contributed by atoms with E-state index in [2.05, 4.69) is 25.8 Å². The van der Waals surface area contributed by atoms with Gasteiger partial charge in [0.2, 0.25) is 6.10 Å². The molecule has 5 rings (SSSR count). The molecule has 16 nitrogen and oxygen atoms in total. The largest absolute Gasteiger partial charge is 0.543 e. The highest BCUT2D eigenvalue weighted by Crippen LogP contribution is 2.41. The number of aryl methyl sites for hydroxylation is 1. The number of amides is 2. The summed E-state index contributed by atoms with van der Waals surface area (Å²) in [6, 6.07) is 2.37. The second-order valence-corrected chi connectivity index (χ2v) is 15.7. The summed E-state index contributed by atoms with van der Waals surface area (Å²) in [6.07, 6.45) is 0.966. The predicted octanol–water partition coefficient (Wildman–Crippen LogP) is 0.750. The normalized spacial score (nSPS) is 18.7. The Morgan fingerprint density at radius 3 is 2.67 bits per heavy atom. The number of nitrogens with one attached hydrogen (secondary N) is 2. The van der Waals surface area contributed by atoms with E-state index in [0.29, 0.717) is 36.2 Å². The number of thiazole rings is 1. The van der Waals surface area contributed by atoms with Gasteiger partial charge in [-0.3, -0.25) is 19.1 Å². The molecule has 0 saturated carbocycles. The number of aromatic nitrogens is 4. The Labute approximate surface area is 306 Å². The molecule has 3 atom stereocenters. The van der Waals surface area contributed by atoms with Gasteiger partial charge in [0.1, 0.15) is 33.5 Å². The van der Waals surface area contributed by atoms with Gasteiger partial charge in [-0.2, -0.15) is 0 Å². The third kappa shape index (κ3) is 7.54. The highest BCUT2D eigenvalue weighted by Gasteiger charge is 2.53. The molecule has 0 aromatic carbocycles. The number of alkyl halides is 3. The number of thioether (sulfide) groups is 1. The average molecular weight is 796 g/mol. The predicted molar refractivity (Wildman–Crippen MR) is 181 cm³/mol. The van der Waals surface area contributed by atoms with Crippen LogP contribution in [0.25, 0.3) is 11.2 Å². The number of hydrogen-bond acceptors (Lipinski definition) is 13. The molecule has 2 aliphatic heterocycles. The first kappa shape index (κ1) is 36.9. The van der Waals surface area contributed by atoms with Crippen LogP contribution in [0.3, 0.4) is 0 Å². The lowest BCUT2D eigenvalue weighted by molar-refractivity contribution is -0.664. The van der Waals surface area contributed by atoms with Crippen molar-refractivity contribution in [3.8, 4) is 0 Å². The summed E-state index contributed by atoms with van der Waals surface area (Å²) in [7, 11) is 1.82. The third-order valence-electron chi connectivity index (χ3n) is 7.42. The van der Waals surface area contributed by atoms with Gasteiger partial charge in [0.15, 0.2) is 10.8 Å². The van der Waals surface area contributed by atoms with Crippen molar-refractivity contribution >= 4 is 115 Å². The minimum absolute atomic E-state index is 0.00517. The Balaban J connectivity index is 1.42. The quantitative estimate of drug-likeness (QED) is 0.0471. The number of fused-ring (bicyclic) bond motifs is 2. The highest BCUT2D eigenvalue weighted by molar-refractivity contribution is 8.00. The standard InChI is InChI=1S/C27H27Cl4N9O7S2/c1-11(23(43)44)47-37-15(14-18(28)49-26(32)35-14)20(41)34-16-21(42)40-17(24(45)46)12(10-48-22(16)40)9-38-7-3-5-13-19(38)36-25(27(29,30)31)39(13)8-4-6-33-2/h3,5,7,11,16,22,33H,4,6,8-10H2,1-2H3,(H4-,32,34,35,41,43,44,45,46)/b37-15-/t11-,16?,22?/m0/s1. The number of anilines is 1. The molecular weight excluding hydrogens is 768 g/mol. The molecule has 2 unspecified atom stereocenters. The van der Waals surface area contributed by atoms with Gasteiger partial charge in [0, 0.05) is 17.9 Å². The molecular formula is C27H27Cl4N9O7S2. The van der Waals surface area contributed by atoms with Crippen LogP contribution < -0.4 is 26.0 Å². The van der Waals surface area contributed by atoms with Crippen molar-refractivity contribution in [3.63, 3.8) is 0 Å². The first-order valence-corrected chi connectivity index (χ1v) is 17.7. The van der Waals surface area contributed by atoms with Crippen LogP contribution in [0.15, 0.2) is 34.8 Å². The van der Waals surface area contributed by atoms with Crippen LogP contribution in [0.1, 0.15) is 24.9 Å². The van der Waals surface area contributed by atoms with Crippen LogP contribution in [0.2, 0.25) is 4.34 Å².